The van der Waals surface area contributed by atoms with E-state index in [-0.39, 0.29) is 11.9 Å². The summed E-state index contributed by atoms with van der Waals surface area (Å²) in [6, 6.07) is 19.5. The van der Waals surface area contributed by atoms with Gasteiger partial charge in [0.1, 0.15) is 0 Å². The summed E-state index contributed by atoms with van der Waals surface area (Å²) in [5.74, 6) is 1.87. The highest BCUT2D eigenvalue weighted by Gasteiger charge is 2.24. The average Bonchev–Trinajstić information content (AvgIpc) is 3.46. The zero-order valence-electron chi connectivity index (χ0n) is 19.1. The van der Waals surface area contributed by atoms with Gasteiger partial charge in [0, 0.05) is 31.4 Å². The number of likely N-dealkylation sites (tertiary alicyclic amines) is 1. The van der Waals surface area contributed by atoms with Crippen molar-refractivity contribution in [2.75, 3.05) is 18.8 Å². The highest BCUT2D eigenvalue weighted by molar-refractivity contribution is 8.03. The van der Waals surface area contributed by atoms with Crippen molar-refractivity contribution < 1.29 is 4.79 Å². The molecule has 0 unspecified atom stereocenters. The van der Waals surface area contributed by atoms with Crippen LogP contribution < -0.4 is 5.32 Å². The number of amides is 1. The quantitative estimate of drug-likeness (QED) is 0.376. The predicted octanol–water partition coefficient (Wildman–Crippen LogP) is 5.44. The Labute approximate surface area is 208 Å². The van der Waals surface area contributed by atoms with Gasteiger partial charge >= 0.3 is 0 Å². The molecule has 0 spiro atoms. The van der Waals surface area contributed by atoms with Crippen LogP contribution in [0.2, 0.25) is 0 Å². The molecule has 1 aliphatic heterocycles. The summed E-state index contributed by atoms with van der Waals surface area (Å²) in [6.07, 6.45) is 1.00. The summed E-state index contributed by atoms with van der Waals surface area (Å²) in [7, 11) is 0. The van der Waals surface area contributed by atoms with Gasteiger partial charge in [0.15, 0.2) is 8.68 Å². The van der Waals surface area contributed by atoms with Crippen LogP contribution in [0.1, 0.15) is 42.9 Å². The van der Waals surface area contributed by atoms with Gasteiger partial charge in [0.05, 0.1) is 5.75 Å². The van der Waals surface area contributed by atoms with E-state index in [1.807, 2.05) is 6.07 Å². The summed E-state index contributed by atoms with van der Waals surface area (Å²) < 4.78 is 1.79. The molecule has 1 aliphatic rings. The molecule has 3 aromatic rings. The number of carbonyl (C=O) groups excluding carboxylic acids is 1. The highest BCUT2D eigenvalue weighted by Crippen LogP contribution is 2.31. The van der Waals surface area contributed by atoms with Crippen molar-refractivity contribution in [2.45, 2.75) is 53.2 Å². The van der Waals surface area contributed by atoms with Gasteiger partial charge in [-0.15, -0.1) is 10.2 Å². The molecule has 8 heteroatoms. The van der Waals surface area contributed by atoms with E-state index in [4.69, 9.17) is 0 Å². The van der Waals surface area contributed by atoms with E-state index in [0.717, 1.165) is 40.5 Å². The maximum Gasteiger partial charge on any atom is 0.230 e. The maximum atomic E-state index is 12.4. The number of nitrogens with zero attached hydrogens (tertiary/aromatic N) is 3. The first kappa shape index (κ1) is 24.3. The molecule has 0 aliphatic carbocycles. The molecule has 1 saturated heterocycles. The van der Waals surface area contributed by atoms with Gasteiger partial charge in [0.2, 0.25) is 5.91 Å². The van der Waals surface area contributed by atoms with Crippen molar-refractivity contribution in [3.05, 3.63) is 71.3 Å². The van der Waals surface area contributed by atoms with Gasteiger partial charge in [-0.25, -0.2) is 0 Å². The van der Waals surface area contributed by atoms with Crippen LogP contribution in [0.15, 0.2) is 63.3 Å². The van der Waals surface area contributed by atoms with E-state index < -0.39 is 0 Å². The topological polar surface area (TPSA) is 58.1 Å². The molecule has 1 aromatic heterocycles. The van der Waals surface area contributed by atoms with Crippen molar-refractivity contribution in [3.63, 3.8) is 0 Å². The molecule has 5 nitrogen and oxygen atoms in total. The van der Waals surface area contributed by atoms with E-state index in [9.17, 15) is 4.79 Å². The molecular formula is C25H30N4OS3. The molecule has 1 amide bonds. The Bertz CT molecular complexity index is 1020. The first-order chi connectivity index (χ1) is 16.0. The van der Waals surface area contributed by atoms with Gasteiger partial charge in [-0.2, -0.15) is 0 Å². The number of carbonyl (C=O) groups is 1. The van der Waals surface area contributed by atoms with Gasteiger partial charge in [-0.1, -0.05) is 103 Å². The minimum atomic E-state index is 0.0706. The average molecular weight is 499 g/mol. The lowest BCUT2D eigenvalue weighted by atomic mass is 10.0. The van der Waals surface area contributed by atoms with E-state index in [0.29, 0.717) is 11.7 Å². The van der Waals surface area contributed by atoms with Crippen LogP contribution in [0.25, 0.3) is 0 Å². The number of thioether (sulfide) groups is 2. The van der Waals surface area contributed by atoms with E-state index in [2.05, 4.69) is 82.8 Å². The second-order valence-electron chi connectivity index (χ2n) is 8.58. The van der Waals surface area contributed by atoms with Gasteiger partial charge in [0.25, 0.3) is 0 Å². The fourth-order valence-electron chi connectivity index (χ4n) is 3.79. The van der Waals surface area contributed by atoms with Crippen molar-refractivity contribution in [3.8, 4) is 0 Å². The zero-order valence-corrected chi connectivity index (χ0v) is 21.5. The summed E-state index contributed by atoms with van der Waals surface area (Å²) in [4.78, 5) is 14.8. The highest BCUT2D eigenvalue weighted by atomic mass is 32.2. The van der Waals surface area contributed by atoms with Crippen LogP contribution in [-0.2, 0) is 17.1 Å². The second kappa shape index (κ2) is 12.0. The van der Waals surface area contributed by atoms with E-state index in [1.165, 1.54) is 28.5 Å². The Kier molecular flexibility index (Phi) is 8.83. The van der Waals surface area contributed by atoms with E-state index >= 15 is 0 Å². The Morgan fingerprint density at radius 3 is 2.52 bits per heavy atom. The molecule has 0 radical (unpaired) electrons. The third kappa shape index (κ3) is 7.57. The molecule has 0 bridgehead atoms. The largest absolute Gasteiger partial charge is 0.351 e. The molecule has 174 valence electrons. The Morgan fingerprint density at radius 1 is 1.06 bits per heavy atom. The smallest absolute Gasteiger partial charge is 0.230 e. The minimum absolute atomic E-state index is 0.0706. The third-order valence-corrected chi connectivity index (χ3v) is 8.87. The zero-order chi connectivity index (χ0) is 23.0. The van der Waals surface area contributed by atoms with Crippen molar-refractivity contribution in [2.24, 2.45) is 0 Å². The summed E-state index contributed by atoms with van der Waals surface area (Å²) >= 11 is 4.73. The maximum absolute atomic E-state index is 12.4. The number of aromatic nitrogens is 2. The van der Waals surface area contributed by atoms with Crippen LogP contribution in [-0.4, -0.2) is 45.9 Å². The van der Waals surface area contributed by atoms with Gasteiger partial charge in [-0.05, 0) is 29.0 Å². The first-order valence-electron chi connectivity index (χ1n) is 11.3. The molecular weight excluding hydrogens is 469 g/mol. The molecule has 1 fully saturated rings. The fourth-order valence-corrected chi connectivity index (χ4v) is 6.58. The molecule has 2 aromatic carbocycles. The van der Waals surface area contributed by atoms with Gasteiger partial charge in [-0.3, -0.25) is 9.69 Å². The number of hydrogen-bond donors (Lipinski definition) is 1. The number of hydrogen-bond acceptors (Lipinski definition) is 7. The van der Waals surface area contributed by atoms with Crippen LogP contribution in [0.4, 0.5) is 0 Å². The van der Waals surface area contributed by atoms with Crippen molar-refractivity contribution in [1.82, 2.24) is 20.4 Å². The molecule has 1 N–H and O–H groups in total. The summed E-state index contributed by atoms with van der Waals surface area (Å²) in [5, 5.41) is 11.7. The summed E-state index contributed by atoms with van der Waals surface area (Å²) in [6.45, 7) is 7.28. The first-order valence-corrected chi connectivity index (χ1v) is 14.1. The van der Waals surface area contributed by atoms with Crippen LogP contribution >= 0.6 is 34.9 Å². The minimum Gasteiger partial charge on any atom is -0.351 e. The van der Waals surface area contributed by atoms with Crippen molar-refractivity contribution >= 4 is 40.8 Å². The SMILES string of the molecule is CC(C)c1ccc(CSc2nnc(SCC(=O)N[C@@H]3CCN(Cc4ccccc4)C3)s2)cc1. The lowest BCUT2D eigenvalue weighted by Crippen LogP contribution is -2.37. The van der Waals surface area contributed by atoms with Crippen LogP contribution in [0.3, 0.4) is 0 Å². The molecule has 4 rings (SSSR count). The fraction of sp³-hybridized carbons (Fsp3) is 0.400. The predicted molar refractivity (Wildman–Crippen MR) is 139 cm³/mol. The standard InChI is InChI=1S/C25H30N4OS3/c1-18(2)21-10-8-20(9-11-21)16-31-24-27-28-25(33-24)32-17-23(30)26-22-12-13-29(15-22)14-19-6-4-3-5-7-19/h3-11,18,22H,12-17H2,1-2H3,(H,26,30)/t22-/m1/s1. The van der Waals surface area contributed by atoms with Crippen LogP contribution in [0, 0.1) is 0 Å². The Balaban J connectivity index is 1.16. The van der Waals surface area contributed by atoms with E-state index in [1.54, 1.807) is 23.1 Å². The molecule has 2 heterocycles. The normalized spacial score (nSPS) is 16.4. The van der Waals surface area contributed by atoms with Gasteiger partial charge < -0.3 is 5.32 Å². The van der Waals surface area contributed by atoms with Crippen LogP contribution in [0.5, 0.6) is 0 Å². The third-order valence-electron chi connectivity index (χ3n) is 5.61. The number of rotatable bonds is 10. The molecule has 0 saturated carbocycles. The molecule has 33 heavy (non-hydrogen) atoms. The Morgan fingerprint density at radius 2 is 1.79 bits per heavy atom. The lowest BCUT2D eigenvalue weighted by molar-refractivity contribution is -0.119. The number of benzene rings is 2. The van der Waals surface area contributed by atoms with Crippen molar-refractivity contribution in [1.29, 1.82) is 0 Å². The number of nitrogens with one attached hydrogen (secondary N) is 1. The monoisotopic (exact) mass is 498 g/mol. The lowest BCUT2D eigenvalue weighted by Gasteiger charge is -2.16. The second-order valence-corrected chi connectivity index (χ2v) is 12.0. The Hall–Kier alpha value is -1.87. The summed E-state index contributed by atoms with van der Waals surface area (Å²) in [5.41, 5.74) is 3.96. The molecule has 1 atom stereocenters.